The van der Waals surface area contributed by atoms with Crippen molar-refractivity contribution in [2.24, 2.45) is 0 Å². The molecule has 0 aliphatic carbocycles. The van der Waals surface area contributed by atoms with Crippen LogP contribution in [-0.4, -0.2) is 22.7 Å². The summed E-state index contributed by atoms with van der Waals surface area (Å²) >= 11 is 1.42. The number of nitrogens with one attached hydrogen (secondary N) is 1. The largest absolute Gasteiger partial charge is 0.484 e. The summed E-state index contributed by atoms with van der Waals surface area (Å²) < 4.78 is 5.52. The summed E-state index contributed by atoms with van der Waals surface area (Å²) in [6, 6.07) is 7.83. The molecular formula is C18H25N3O2S. The Balaban J connectivity index is 1.81. The zero-order valence-corrected chi connectivity index (χ0v) is 15.6. The number of aromatic nitrogens is 2. The van der Waals surface area contributed by atoms with Gasteiger partial charge in [-0.2, -0.15) is 0 Å². The summed E-state index contributed by atoms with van der Waals surface area (Å²) in [7, 11) is 0. The van der Waals surface area contributed by atoms with Crippen LogP contribution in [-0.2, 0) is 16.6 Å². The van der Waals surface area contributed by atoms with Crippen LogP contribution < -0.4 is 10.1 Å². The molecule has 0 saturated heterocycles. The molecule has 1 aromatic heterocycles. The van der Waals surface area contributed by atoms with Gasteiger partial charge in [-0.15, -0.1) is 10.2 Å². The maximum Gasteiger partial charge on any atom is 0.264 e. The molecule has 0 radical (unpaired) electrons. The van der Waals surface area contributed by atoms with Crippen LogP contribution in [0.15, 0.2) is 24.3 Å². The summed E-state index contributed by atoms with van der Waals surface area (Å²) in [4.78, 5) is 11.9. The van der Waals surface area contributed by atoms with Gasteiger partial charge in [0.1, 0.15) is 10.8 Å². The Labute approximate surface area is 147 Å². The van der Waals surface area contributed by atoms with Crippen molar-refractivity contribution in [2.75, 3.05) is 11.9 Å². The number of rotatable bonds is 7. The molecule has 0 aliphatic heterocycles. The topological polar surface area (TPSA) is 64.1 Å². The molecule has 2 aromatic rings. The van der Waals surface area contributed by atoms with E-state index < -0.39 is 0 Å². The number of carbonyl (C=O) groups is 1. The third-order valence-corrected chi connectivity index (χ3v) is 4.45. The van der Waals surface area contributed by atoms with Gasteiger partial charge in [-0.3, -0.25) is 10.1 Å². The van der Waals surface area contributed by atoms with E-state index in [1.807, 2.05) is 24.3 Å². The summed E-state index contributed by atoms with van der Waals surface area (Å²) in [6.45, 7) is 8.57. The van der Waals surface area contributed by atoms with Gasteiger partial charge < -0.3 is 4.74 Å². The van der Waals surface area contributed by atoms with E-state index in [1.54, 1.807) is 0 Å². The highest BCUT2D eigenvalue weighted by molar-refractivity contribution is 7.15. The lowest BCUT2D eigenvalue weighted by molar-refractivity contribution is -0.118. The van der Waals surface area contributed by atoms with Crippen LogP contribution in [0.2, 0.25) is 0 Å². The van der Waals surface area contributed by atoms with Crippen molar-refractivity contribution in [3.63, 3.8) is 0 Å². The fourth-order valence-electron chi connectivity index (χ4n) is 2.09. The third-order valence-electron chi connectivity index (χ3n) is 3.55. The fraction of sp³-hybridized carbons (Fsp3) is 0.500. The number of nitrogens with zero attached hydrogens (tertiary/aromatic N) is 2. The highest BCUT2D eigenvalue weighted by Crippen LogP contribution is 2.24. The molecule has 0 spiro atoms. The Morgan fingerprint density at radius 3 is 2.54 bits per heavy atom. The molecule has 0 unspecified atom stereocenters. The number of amides is 1. The van der Waals surface area contributed by atoms with Crippen LogP contribution in [0.25, 0.3) is 0 Å². The number of anilines is 1. The number of hydrogen-bond donors (Lipinski definition) is 1. The molecule has 0 atom stereocenters. The minimum Gasteiger partial charge on any atom is -0.484 e. The highest BCUT2D eigenvalue weighted by Gasteiger charge is 2.13. The van der Waals surface area contributed by atoms with E-state index in [2.05, 4.69) is 43.2 Å². The quantitative estimate of drug-likeness (QED) is 0.815. The van der Waals surface area contributed by atoms with Crippen molar-refractivity contribution >= 4 is 22.4 Å². The van der Waals surface area contributed by atoms with E-state index in [1.165, 1.54) is 16.9 Å². The van der Waals surface area contributed by atoms with Crippen molar-refractivity contribution < 1.29 is 9.53 Å². The highest BCUT2D eigenvalue weighted by atomic mass is 32.1. The summed E-state index contributed by atoms with van der Waals surface area (Å²) in [5.41, 5.74) is 1.33. The van der Waals surface area contributed by atoms with Gasteiger partial charge in [0, 0.05) is 6.42 Å². The minimum atomic E-state index is -0.229. The smallest absolute Gasteiger partial charge is 0.264 e. The number of benzene rings is 1. The molecule has 6 heteroatoms. The van der Waals surface area contributed by atoms with Gasteiger partial charge in [-0.25, -0.2) is 0 Å². The predicted molar refractivity (Wildman–Crippen MR) is 97.8 cm³/mol. The molecule has 1 aromatic carbocycles. The number of carbonyl (C=O) groups excluding carboxylic acids is 1. The molecule has 0 saturated carbocycles. The summed E-state index contributed by atoms with van der Waals surface area (Å²) in [5.74, 6) is 0.451. The van der Waals surface area contributed by atoms with Crippen LogP contribution >= 0.6 is 11.3 Å². The van der Waals surface area contributed by atoms with E-state index >= 15 is 0 Å². The normalized spacial score (nSPS) is 11.3. The van der Waals surface area contributed by atoms with Gasteiger partial charge in [0.2, 0.25) is 5.13 Å². The molecule has 24 heavy (non-hydrogen) atoms. The second kappa shape index (κ2) is 8.24. The molecule has 1 heterocycles. The van der Waals surface area contributed by atoms with Gasteiger partial charge in [-0.05, 0) is 29.5 Å². The second-order valence-corrected chi connectivity index (χ2v) is 7.78. The first-order valence-corrected chi connectivity index (χ1v) is 9.05. The molecule has 5 nitrogen and oxygen atoms in total. The Bertz CT molecular complexity index is 660. The molecule has 0 bridgehead atoms. The van der Waals surface area contributed by atoms with E-state index in [9.17, 15) is 4.79 Å². The minimum absolute atomic E-state index is 0.0429. The van der Waals surface area contributed by atoms with Crippen LogP contribution in [0, 0.1) is 0 Å². The average molecular weight is 347 g/mol. The average Bonchev–Trinajstić information content (AvgIpc) is 2.98. The third kappa shape index (κ3) is 5.60. The number of ether oxygens (including phenoxy) is 1. The molecule has 130 valence electrons. The zero-order valence-electron chi connectivity index (χ0n) is 14.8. The molecule has 1 N–H and O–H groups in total. The van der Waals surface area contributed by atoms with Crippen molar-refractivity contribution in [1.29, 1.82) is 0 Å². The van der Waals surface area contributed by atoms with Crippen LogP contribution in [0.1, 0.15) is 51.1 Å². The molecule has 2 rings (SSSR count). The van der Waals surface area contributed by atoms with Gasteiger partial charge in [-0.1, -0.05) is 57.6 Å². The van der Waals surface area contributed by atoms with Gasteiger partial charge in [0.15, 0.2) is 6.61 Å². The van der Waals surface area contributed by atoms with Crippen molar-refractivity contribution in [2.45, 2.75) is 52.4 Å². The predicted octanol–water partition coefficient (Wildman–Crippen LogP) is 4.20. The van der Waals surface area contributed by atoms with E-state index in [-0.39, 0.29) is 17.9 Å². The van der Waals surface area contributed by atoms with Crippen LogP contribution in [0.3, 0.4) is 0 Å². The molecule has 0 aliphatic rings. The lowest BCUT2D eigenvalue weighted by Gasteiger charge is -2.19. The zero-order chi connectivity index (χ0) is 17.6. The van der Waals surface area contributed by atoms with E-state index in [4.69, 9.17) is 4.74 Å². The molecule has 1 amide bonds. The van der Waals surface area contributed by atoms with E-state index in [0.717, 1.165) is 24.3 Å². The first-order valence-electron chi connectivity index (χ1n) is 8.24. The summed E-state index contributed by atoms with van der Waals surface area (Å²) in [6.07, 6.45) is 3.10. The first kappa shape index (κ1) is 18.4. The molecule has 0 fully saturated rings. The SMILES string of the molecule is CCCCc1nnc(NC(=O)COc2ccc(C(C)(C)C)cc2)s1. The van der Waals surface area contributed by atoms with Crippen molar-refractivity contribution in [1.82, 2.24) is 10.2 Å². The van der Waals surface area contributed by atoms with Crippen LogP contribution in [0.4, 0.5) is 5.13 Å². The number of unbranched alkanes of at least 4 members (excludes halogenated alkanes) is 1. The standard InChI is InChI=1S/C18H25N3O2S/c1-5-6-7-16-20-21-17(24-16)19-15(22)12-23-14-10-8-13(9-11-14)18(2,3)4/h8-11H,5-7,12H2,1-4H3,(H,19,21,22). The van der Waals surface area contributed by atoms with Gasteiger partial charge >= 0.3 is 0 Å². The Morgan fingerprint density at radius 1 is 1.21 bits per heavy atom. The number of aryl methyl sites for hydroxylation is 1. The van der Waals surface area contributed by atoms with Gasteiger partial charge in [0.25, 0.3) is 5.91 Å². The van der Waals surface area contributed by atoms with Crippen molar-refractivity contribution in [3.05, 3.63) is 34.8 Å². The molecular weight excluding hydrogens is 322 g/mol. The van der Waals surface area contributed by atoms with Crippen molar-refractivity contribution in [3.8, 4) is 5.75 Å². The van der Waals surface area contributed by atoms with Gasteiger partial charge in [0.05, 0.1) is 0 Å². The Hall–Kier alpha value is -1.95. The lowest BCUT2D eigenvalue weighted by Crippen LogP contribution is -2.20. The summed E-state index contributed by atoms with van der Waals surface area (Å²) in [5, 5.41) is 12.3. The lowest BCUT2D eigenvalue weighted by atomic mass is 9.87. The first-order chi connectivity index (χ1) is 11.4. The Morgan fingerprint density at radius 2 is 1.92 bits per heavy atom. The van der Waals surface area contributed by atoms with Crippen LogP contribution in [0.5, 0.6) is 5.75 Å². The fourth-order valence-corrected chi connectivity index (χ4v) is 2.89. The maximum absolute atomic E-state index is 11.9. The maximum atomic E-state index is 11.9. The Kier molecular flexibility index (Phi) is 6.31. The monoisotopic (exact) mass is 347 g/mol. The second-order valence-electron chi connectivity index (χ2n) is 6.72. The van der Waals surface area contributed by atoms with E-state index in [0.29, 0.717) is 10.9 Å². The number of hydrogen-bond acceptors (Lipinski definition) is 5.